The number of aliphatic imine (C=N–C) groups is 1. The number of hydrogen-bond acceptors (Lipinski definition) is 3. The van der Waals surface area contributed by atoms with Crippen molar-refractivity contribution in [3.05, 3.63) is 49.2 Å². The van der Waals surface area contributed by atoms with Crippen LogP contribution < -0.4 is 4.90 Å². The molecular formula is C15H12F3IN2S. The van der Waals surface area contributed by atoms with Gasteiger partial charge in [0, 0.05) is 6.21 Å². The Morgan fingerprint density at radius 2 is 2.05 bits per heavy atom. The molecule has 3 rings (SSSR count). The van der Waals surface area contributed by atoms with Crippen LogP contribution in [0.1, 0.15) is 29.0 Å². The predicted molar refractivity (Wildman–Crippen MR) is 91.8 cm³/mol. The fourth-order valence-corrected chi connectivity index (χ4v) is 4.38. The third kappa shape index (κ3) is 2.88. The van der Waals surface area contributed by atoms with Crippen LogP contribution in [0.25, 0.3) is 0 Å². The SMILES string of the molecule is CC(c1ccccc1C(F)(F)F)N1CN=Cc2sc(I)cc21. The third-order valence-electron chi connectivity index (χ3n) is 3.65. The van der Waals surface area contributed by atoms with E-state index in [0.29, 0.717) is 6.67 Å². The second-order valence-electron chi connectivity index (χ2n) is 4.98. The Balaban J connectivity index is 2.02. The summed E-state index contributed by atoms with van der Waals surface area (Å²) in [6, 6.07) is 7.34. The second-order valence-corrected chi connectivity index (χ2v) is 7.96. The number of benzene rings is 1. The molecule has 1 aromatic carbocycles. The molecule has 2 nitrogen and oxygen atoms in total. The predicted octanol–water partition coefficient (Wildman–Crippen LogP) is 5.33. The van der Waals surface area contributed by atoms with Gasteiger partial charge in [-0.3, -0.25) is 4.99 Å². The first-order valence-corrected chi connectivity index (χ1v) is 8.49. The Bertz CT molecular complexity index is 724. The first kappa shape index (κ1) is 15.8. The molecule has 0 N–H and O–H groups in total. The van der Waals surface area contributed by atoms with E-state index < -0.39 is 17.8 Å². The minimum atomic E-state index is -4.35. The number of anilines is 1. The molecule has 0 amide bonds. The van der Waals surface area contributed by atoms with E-state index in [4.69, 9.17) is 0 Å². The van der Waals surface area contributed by atoms with Gasteiger partial charge in [0.05, 0.1) is 25.1 Å². The van der Waals surface area contributed by atoms with E-state index in [1.54, 1.807) is 36.6 Å². The van der Waals surface area contributed by atoms with Gasteiger partial charge >= 0.3 is 6.18 Å². The van der Waals surface area contributed by atoms with Crippen molar-refractivity contribution in [3.8, 4) is 0 Å². The number of thiophene rings is 1. The summed E-state index contributed by atoms with van der Waals surface area (Å²) in [4.78, 5) is 7.19. The highest BCUT2D eigenvalue weighted by atomic mass is 127. The van der Waals surface area contributed by atoms with Crippen molar-refractivity contribution in [1.82, 2.24) is 0 Å². The molecule has 0 fully saturated rings. The monoisotopic (exact) mass is 436 g/mol. The van der Waals surface area contributed by atoms with Crippen molar-refractivity contribution in [2.75, 3.05) is 11.6 Å². The molecule has 0 saturated heterocycles. The molecule has 1 unspecified atom stereocenters. The lowest BCUT2D eigenvalue weighted by molar-refractivity contribution is -0.138. The summed E-state index contributed by atoms with van der Waals surface area (Å²) >= 11 is 3.81. The molecule has 2 heterocycles. The van der Waals surface area contributed by atoms with Crippen LogP contribution in [0.5, 0.6) is 0 Å². The molecule has 116 valence electrons. The maximum Gasteiger partial charge on any atom is 0.416 e. The summed E-state index contributed by atoms with van der Waals surface area (Å²) in [5, 5.41) is 0. The highest BCUT2D eigenvalue weighted by Gasteiger charge is 2.35. The minimum Gasteiger partial charge on any atom is -0.344 e. The third-order valence-corrected chi connectivity index (χ3v) is 5.47. The average Bonchev–Trinajstić information content (AvgIpc) is 2.85. The zero-order chi connectivity index (χ0) is 15.9. The summed E-state index contributed by atoms with van der Waals surface area (Å²) in [5.41, 5.74) is 0.650. The van der Waals surface area contributed by atoms with Crippen LogP contribution in [0.3, 0.4) is 0 Å². The fraction of sp³-hybridized carbons (Fsp3) is 0.267. The first-order valence-electron chi connectivity index (χ1n) is 6.60. The fourth-order valence-electron chi connectivity index (χ4n) is 2.59. The van der Waals surface area contributed by atoms with Crippen LogP contribution in [0, 0.1) is 2.88 Å². The highest BCUT2D eigenvalue weighted by molar-refractivity contribution is 14.1. The maximum absolute atomic E-state index is 13.2. The van der Waals surface area contributed by atoms with Gasteiger partial charge in [0.2, 0.25) is 0 Å². The van der Waals surface area contributed by atoms with Gasteiger partial charge in [0.15, 0.2) is 0 Å². The standard InChI is InChI=1S/C15H12F3IN2S/c1-9(10-4-2-3-5-11(10)15(16,17)18)21-8-20-7-13-12(21)6-14(19)22-13/h2-7,9H,8H2,1H3. The number of alkyl halides is 3. The second kappa shape index (κ2) is 5.84. The van der Waals surface area contributed by atoms with E-state index in [0.717, 1.165) is 19.5 Å². The quantitative estimate of drug-likeness (QED) is 0.582. The molecule has 1 aliphatic heterocycles. The van der Waals surface area contributed by atoms with Crippen LogP contribution in [0.4, 0.5) is 18.9 Å². The van der Waals surface area contributed by atoms with Crippen molar-refractivity contribution in [2.24, 2.45) is 4.99 Å². The lowest BCUT2D eigenvalue weighted by Gasteiger charge is -2.33. The van der Waals surface area contributed by atoms with E-state index >= 15 is 0 Å². The van der Waals surface area contributed by atoms with E-state index in [-0.39, 0.29) is 5.56 Å². The molecule has 1 aliphatic rings. The molecule has 1 atom stereocenters. The normalized spacial score (nSPS) is 15.8. The topological polar surface area (TPSA) is 15.6 Å². The van der Waals surface area contributed by atoms with Crippen LogP contribution in [-0.2, 0) is 6.18 Å². The molecular weight excluding hydrogens is 424 g/mol. The van der Waals surface area contributed by atoms with Gasteiger partial charge in [-0.2, -0.15) is 13.2 Å². The molecule has 0 saturated carbocycles. The number of hydrogen-bond donors (Lipinski definition) is 0. The average molecular weight is 436 g/mol. The number of rotatable bonds is 2. The molecule has 7 heteroatoms. The molecule has 2 aromatic rings. The van der Waals surface area contributed by atoms with Crippen LogP contribution >= 0.6 is 33.9 Å². The smallest absolute Gasteiger partial charge is 0.344 e. The van der Waals surface area contributed by atoms with Crippen LogP contribution in [0.15, 0.2) is 35.3 Å². The van der Waals surface area contributed by atoms with Crippen molar-refractivity contribution >= 4 is 45.8 Å². The summed E-state index contributed by atoms with van der Waals surface area (Å²) < 4.78 is 40.8. The first-order chi connectivity index (χ1) is 10.4. The molecule has 0 spiro atoms. The van der Waals surface area contributed by atoms with Gasteiger partial charge in [-0.25, -0.2) is 0 Å². The van der Waals surface area contributed by atoms with Gasteiger partial charge in [-0.15, -0.1) is 11.3 Å². The number of nitrogens with zero attached hydrogens (tertiary/aromatic N) is 2. The van der Waals surface area contributed by atoms with Crippen LogP contribution in [-0.4, -0.2) is 12.9 Å². The zero-order valence-electron chi connectivity index (χ0n) is 11.6. The lowest BCUT2D eigenvalue weighted by Crippen LogP contribution is -2.30. The minimum absolute atomic E-state index is 0.277. The molecule has 0 bridgehead atoms. The molecule has 0 radical (unpaired) electrons. The van der Waals surface area contributed by atoms with Crippen LogP contribution in [0.2, 0.25) is 0 Å². The highest BCUT2D eigenvalue weighted by Crippen LogP contribution is 2.40. The Hall–Kier alpha value is -1.09. The maximum atomic E-state index is 13.2. The zero-order valence-corrected chi connectivity index (χ0v) is 14.5. The van der Waals surface area contributed by atoms with Gasteiger partial charge in [0.1, 0.15) is 6.67 Å². The molecule has 22 heavy (non-hydrogen) atoms. The van der Waals surface area contributed by atoms with Crippen molar-refractivity contribution < 1.29 is 13.2 Å². The van der Waals surface area contributed by atoms with E-state index in [9.17, 15) is 13.2 Å². The lowest BCUT2D eigenvalue weighted by atomic mass is 9.99. The largest absolute Gasteiger partial charge is 0.416 e. The van der Waals surface area contributed by atoms with Gasteiger partial charge in [0.25, 0.3) is 0 Å². The summed E-state index contributed by atoms with van der Waals surface area (Å²) in [6.07, 6.45) is -2.56. The van der Waals surface area contributed by atoms with Crippen molar-refractivity contribution in [2.45, 2.75) is 19.1 Å². The van der Waals surface area contributed by atoms with Gasteiger partial charge < -0.3 is 4.90 Å². The number of fused-ring (bicyclic) bond motifs is 1. The Morgan fingerprint density at radius 1 is 1.32 bits per heavy atom. The summed E-state index contributed by atoms with van der Waals surface area (Å²) in [7, 11) is 0. The molecule has 1 aromatic heterocycles. The van der Waals surface area contributed by atoms with E-state index in [2.05, 4.69) is 27.6 Å². The molecule has 0 aliphatic carbocycles. The number of halogens is 4. The Kier molecular flexibility index (Phi) is 4.19. The van der Waals surface area contributed by atoms with Gasteiger partial charge in [-0.05, 0) is 47.2 Å². The van der Waals surface area contributed by atoms with Crippen molar-refractivity contribution in [1.29, 1.82) is 0 Å². The Labute approximate surface area is 143 Å². The van der Waals surface area contributed by atoms with E-state index in [1.807, 2.05) is 11.0 Å². The van der Waals surface area contributed by atoms with E-state index in [1.165, 1.54) is 6.07 Å². The summed E-state index contributed by atoms with van der Waals surface area (Å²) in [5.74, 6) is 0. The van der Waals surface area contributed by atoms with Crippen molar-refractivity contribution in [3.63, 3.8) is 0 Å². The Morgan fingerprint density at radius 3 is 2.77 bits per heavy atom. The van der Waals surface area contributed by atoms with Gasteiger partial charge in [-0.1, -0.05) is 18.2 Å². The summed E-state index contributed by atoms with van der Waals surface area (Å²) in [6.45, 7) is 2.16.